The fraction of sp³-hybridized carbons (Fsp3) is 0.556. The third-order valence-corrected chi connectivity index (χ3v) is 2.17. The van der Waals surface area contributed by atoms with E-state index >= 15 is 0 Å². The standard InChI is InChI=1S/C9H13N3O.ClH/c10-6-9-11-4-3-7(12-9)8-2-1-5-13-8;/h3-4,8H,1-2,5-6,10H2;1H. The van der Waals surface area contributed by atoms with Gasteiger partial charge in [0.25, 0.3) is 0 Å². The lowest BCUT2D eigenvalue weighted by atomic mass is 10.2. The summed E-state index contributed by atoms with van der Waals surface area (Å²) >= 11 is 0. The molecule has 0 saturated carbocycles. The lowest BCUT2D eigenvalue weighted by Crippen LogP contribution is -2.07. The number of nitrogens with two attached hydrogens (primary N) is 1. The van der Waals surface area contributed by atoms with Crippen LogP contribution in [0.4, 0.5) is 0 Å². The van der Waals surface area contributed by atoms with E-state index in [0.29, 0.717) is 12.4 Å². The van der Waals surface area contributed by atoms with Crippen LogP contribution < -0.4 is 5.73 Å². The van der Waals surface area contributed by atoms with Gasteiger partial charge in [-0.25, -0.2) is 9.97 Å². The predicted octanol–water partition coefficient (Wildman–Crippen LogP) is 1.21. The highest BCUT2D eigenvalue weighted by Crippen LogP contribution is 2.26. The van der Waals surface area contributed by atoms with Crippen LogP contribution in [0.3, 0.4) is 0 Å². The number of ether oxygens (including phenoxy) is 1. The van der Waals surface area contributed by atoms with Gasteiger partial charge in [-0.05, 0) is 18.9 Å². The summed E-state index contributed by atoms with van der Waals surface area (Å²) in [6.07, 6.45) is 4.08. The van der Waals surface area contributed by atoms with Gasteiger partial charge in [0.05, 0.1) is 18.3 Å². The minimum absolute atomic E-state index is 0. The number of hydrogen-bond acceptors (Lipinski definition) is 4. The second-order valence-corrected chi connectivity index (χ2v) is 3.10. The van der Waals surface area contributed by atoms with Crippen molar-refractivity contribution in [3.63, 3.8) is 0 Å². The van der Waals surface area contributed by atoms with Crippen LogP contribution in [-0.4, -0.2) is 16.6 Å². The Balaban J connectivity index is 0.000000980. The van der Waals surface area contributed by atoms with Gasteiger partial charge >= 0.3 is 0 Å². The highest BCUT2D eigenvalue weighted by molar-refractivity contribution is 5.85. The molecule has 0 radical (unpaired) electrons. The fourth-order valence-corrected chi connectivity index (χ4v) is 1.50. The van der Waals surface area contributed by atoms with Crippen molar-refractivity contribution in [2.45, 2.75) is 25.5 Å². The summed E-state index contributed by atoms with van der Waals surface area (Å²) in [7, 11) is 0. The van der Waals surface area contributed by atoms with Crippen LogP contribution in [0.2, 0.25) is 0 Å². The molecular formula is C9H14ClN3O. The van der Waals surface area contributed by atoms with Crippen LogP contribution in [0, 0.1) is 0 Å². The first-order valence-corrected chi connectivity index (χ1v) is 4.53. The predicted molar refractivity (Wildman–Crippen MR) is 55.1 cm³/mol. The summed E-state index contributed by atoms with van der Waals surface area (Å²) in [5.74, 6) is 0.688. The van der Waals surface area contributed by atoms with Crippen LogP contribution in [0.1, 0.15) is 30.5 Å². The van der Waals surface area contributed by atoms with E-state index in [1.807, 2.05) is 6.07 Å². The maximum absolute atomic E-state index is 5.51. The highest BCUT2D eigenvalue weighted by atomic mass is 35.5. The van der Waals surface area contributed by atoms with Crippen molar-refractivity contribution >= 4 is 12.4 Å². The van der Waals surface area contributed by atoms with Crippen LogP contribution in [0.25, 0.3) is 0 Å². The summed E-state index contributed by atoms with van der Waals surface area (Å²) in [5.41, 5.74) is 6.42. The Morgan fingerprint density at radius 3 is 3.07 bits per heavy atom. The normalized spacial score (nSPS) is 20.5. The van der Waals surface area contributed by atoms with E-state index in [1.54, 1.807) is 6.20 Å². The topological polar surface area (TPSA) is 61.0 Å². The minimum Gasteiger partial charge on any atom is -0.372 e. The van der Waals surface area contributed by atoms with Gasteiger partial charge in [0.2, 0.25) is 0 Å². The van der Waals surface area contributed by atoms with Gasteiger partial charge in [0, 0.05) is 12.8 Å². The monoisotopic (exact) mass is 215 g/mol. The first-order chi connectivity index (χ1) is 6.40. The van der Waals surface area contributed by atoms with E-state index in [0.717, 1.165) is 25.1 Å². The number of halogens is 1. The van der Waals surface area contributed by atoms with E-state index < -0.39 is 0 Å². The summed E-state index contributed by atoms with van der Waals surface area (Å²) in [6, 6.07) is 1.90. The number of rotatable bonds is 2. The zero-order chi connectivity index (χ0) is 9.10. The summed E-state index contributed by atoms with van der Waals surface area (Å²) in [6.45, 7) is 1.23. The molecule has 1 aromatic rings. The van der Waals surface area contributed by atoms with Crippen molar-refractivity contribution in [3.05, 3.63) is 23.8 Å². The third kappa shape index (κ3) is 2.41. The van der Waals surface area contributed by atoms with E-state index in [-0.39, 0.29) is 18.5 Å². The Labute approximate surface area is 89.3 Å². The van der Waals surface area contributed by atoms with E-state index in [9.17, 15) is 0 Å². The molecule has 1 fully saturated rings. The second-order valence-electron chi connectivity index (χ2n) is 3.10. The molecule has 2 heterocycles. The van der Waals surface area contributed by atoms with Crippen LogP contribution in [0.15, 0.2) is 12.3 Å². The first kappa shape index (κ1) is 11.4. The van der Waals surface area contributed by atoms with Crippen molar-refractivity contribution in [1.82, 2.24) is 9.97 Å². The van der Waals surface area contributed by atoms with E-state index in [4.69, 9.17) is 10.5 Å². The zero-order valence-corrected chi connectivity index (χ0v) is 8.67. The summed E-state index contributed by atoms with van der Waals surface area (Å²) < 4.78 is 5.51. The van der Waals surface area contributed by atoms with Gasteiger partial charge in [0.15, 0.2) is 0 Å². The number of nitrogens with zero attached hydrogens (tertiary/aromatic N) is 2. The van der Waals surface area contributed by atoms with Gasteiger partial charge in [-0.3, -0.25) is 0 Å². The smallest absolute Gasteiger partial charge is 0.142 e. The SMILES string of the molecule is Cl.NCc1nccc(C2CCCO2)n1. The Morgan fingerprint density at radius 2 is 2.43 bits per heavy atom. The zero-order valence-electron chi connectivity index (χ0n) is 7.85. The molecule has 1 atom stereocenters. The molecule has 1 aliphatic heterocycles. The molecule has 2 N–H and O–H groups in total. The number of hydrogen-bond donors (Lipinski definition) is 1. The van der Waals surface area contributed by atoms with Gasteiger partial charge in [-0.1, -0.05) is 0 Å². The van der Waals surface area contributed by atoms with Gasteiger partial charge in [-0.15, -0.1) is 12.4 Å². The van der Waals surface area contributed by atoms with E-state index in [1.165, 1.54) is 0 Å². The van der Waals surface area contributed by atoms with Crippen molar-refractivity contribution in [1.29, 1.82) is 0 Å². The molecule has 0 spiro atoms. The Morgan fingerprint density at radius 1 is 1.57 bits per heavy atom. The quantitative estimate of drug-likeness (QED) is 0.806. The van der Waals surface area contributed by atoms with Crippen molar-refractivity contribution in [2.24, 2.45) is 5.73 Å². The van der Waals surface area contributed by atoms with E-state index in [2.05, 4.69) is 9.97 Å². The molecule has 0 aliphatic carbocycles. The van der Waals surface area contributed by atoms with Crippen molar-refractivity contribution < 1.29 is 4.74 Å². The Bertz CT molecular complexity index is 289. The average Bonchev–Trinajstić information content (AvgIpc) is 2.71. The molecule has 4 nitrogen and oxygen atoms in total. The Hall–Kier alpha value is -0.710. The molecule has 1 aromatic heterocycles. The lowest BCUT2D eigenvalue weighted by Gasteiger charge is -2.08. The average molecular weight is 216 g/mol. The Kier molecular flexibility index (Phi) is 4.25. The lowest BCUT2D eigenvalue weighted by molar-refractivity contribution is 0.108. The summed E-state index contributed by atoms with van der Waals surface area (Å²) in [4.78, 5) is 8.35. The molecular weight excluding hydrogens is 202 g/mol. The molecule has 5 heteroatoms. The maximum atomic E-state index is 5.51. The first-order valence-electron chi connectivity index (χ1n) is 4.53. The molecule has 2 rings (SSSR count). The third-order valence-electron chi connectivity index (χ3n) is 2.17. The molecule has 78 valence electrons. The van der Waals surface area contributed by atoms with Gasteiger partial charge in [-0.2, -0.15) is 0 Å². The largest absolute Gasteiger partial charge is 0.372 e. The molecule has 0 bridgehead atoms. The number of aromatic nitrogens is 2. The fourth-order valence-electron chi connectivity index (χ4n) is 1.50. The maximum Gasteiger partial charge on any atom is 0.142 e. The minimum atomic E-state index is 0. The molecule has 1 unspecified atom stereocenters. The van der Waals surface area contributed by atoms with Crippen LogP contribution >= 0.6 is 12.4 Å². The molecule has 1 saturated heterocycles. The molecule has 14 heavy (non-hydrogen) atoms. The van der Waals surface area contributed by atoms with Gasteiger partial charge < -0.3 is 10.5 Å². The van der Waals surface area contributed by atoms with Crippen molar-refractivity contribution in [2.75, 3.05) is 6.61 Å². The van der Waals surface area contributed by atoms with Crippen molar-refractivity contribution in [3.8, 4) is 0 Å². The van der Waals surface area contributed by atoms with Crippen LogP contribution in [0.5, 0.6) is 0 Å². The van der Waals surface area contributed by atoms with Crippen LogP contribution in [-0.2, 0) is 11.3 Å². The highest BCUT2D eigenvalue weighted by Gasteiger charge is 2.18. The summed E-state index contributed by atoms with van der Waals surface area (Å²) in [5, 5.41) is 0. The van der Waals surface area contributed by atoms with Gasteiger partial charge in [0.1, 0.15) is 5.82 Å². The molecule has 0 amide bonds. The molecule has 1 aliphatic rings. The molecule has 0 aromatic carbocycles. The second kappa shape index (κ2) is 5.24.